The molecule has 0 unspecified atom stereocenters. The maximum absolute atomic E-state index is 13.1. The normalized spacial score (nSPS) is 11.7. The Kier molecular flexibility index (Phi) is 2.81. The highest BCUT2D eigenvalue weighted by Crippen LogP contribution is 2.19. The molecule has 0 amide bonds. The first kappa shape index (κ1) is 12.5. The van der Waals surface area contributed by atoms with E-state index in [1.807, 2.05) is 0 Å². The molecule has 0 aliphatic carbocycles. The average molecular weight is 272 g/mol. The fourth-order valence-electron chi connectivity index (χ4n) is 1.54. The van der Waals surface area contributed by atoms with Crippen LogP contribution in [0.4, 0.5) is 4.39 Å². The van der Waals surface area contributed by atoms with E-state index in [1.165, 1.54) is 6.07 Å². The lowest BCUT2D eigenvalue weighted by Crippen LogP contribution is -2.11. The number of pyridine rings is 1. The third-order valence-corrected chi connectivity index (χ3v) is 3.27. The molecule has 0 aliphatic heterocycles. The number of halogens is 1. The van der Waals surface area contributed by atoms with Gasteiger partial charge in [0, 0.05) is 12.5 Å². The minimum atomic E-state index is -3.72. The molecule has 0 fully saturated rings. The van der Waals surface area contributed by atoms with Gasteiger partial charge in [-0.1, -0.05) is 0 Å². The van der Waals surface area contributed by atoms with Crippen molar-refractivity contribution >= 4 is 21.5 Å². The highest BCUT2D eigenvalue weighted by Gasteiger charge is 2.26. The van der Waals surface area contributed by atoms with Crippen LogP contribution in [0.15, 0.2) is 23.4 Å². The summed E-state index contributed by atoms with van der Waals surface area (Å²) < 4.78 is 41.8. The van der Waals surface area contributed by atoms with Crippen molar-refractivity contribution in [1.82, 2.24) is 9.38 Å². The van der Waals surface area contributed by atoms with Crippen molar-refractivity contribution in [2.45, 2.75) is 5.03 Å². The number of fused-ring (bicyclic) bond motifs is 1. The smallest absolute Gasteiger partial charge is 0.358 e. The molecule has 2 heterocycles. The van der Waals surface area contributed by atoms with E-state index in [0.29, 0.717) is 0 Å². The van der Waals surface area contributed by atoms with Gasteiger partial charge in [-0.2, -0.15) is 0 Å². The van der Waals surface area contributed by atoms with Crippen molar-refractivity contribution in [3.8, 4) is 0 Å². The van der Waals surface area contributed by atoms with E-state index in [1.54, 1.807) is 0 Å². The first-order valence-corrected chi connectivity index (χ1v) is 6.69. The minimum absolute atomic E-state index is 0.150. The van der Waals surface area contributed by atoms with Crippen LogP contribution in [0.25, 0.3) is 5.65 Å². The number of carbonyl (C=O) groups excluding carboxylic acids is 1. The third kappa shape index (κ3) is 1.94. The number of hydrogen-bond acceptors (Lipinski definition) is 5. The van der Waals surface area contributed by atoms with Crippen LogP contribution in [-0.2, 0) is 14.6 Å². The molecule has 0 spiro atoms. The van der Waals surface area contributed by atoms with Gasteiger partial charge in [0.15, 0.2) is 20.6 Å². The SMILES string of the molecule is COC(=O)c1c(S(C)(=O)=O)nc2ccc(F)cn12. The van der Waals surface area contributed by atoms with E-state index in [4.69, 9.17) is 0 Å². The van der Waals surface area contributed by atoms with Crippen LogP contribution >= 0.6 is 0 Å². The molecular formula is C10H9FN2O4S. The van der Waals surface area contributed by atoms with Gasteiger partial charge in [0.1, 0.15) is 11.5 Å². The van der Waals surface area contributed by atoms with Gasteiger partial charge in [0.2, 0.25) is 0 Å². The van der Waals surface area contributed by atoms with Crippen LogP contribution in [-0.4, -0.2) is 37.1 Å². The van der Waals surface area contributed by atoms with Crippen LogP contribution < -0.4 is 0 Å². The number of methoxy groups -OCH3 is 1. The van der Waals surface area contributed by atoms with Gasteiger partial charge in [-0.15, -0.1) is 0 Å². The van der Waals surface area contributed by atoms with E-state index < -0.39 is 26.6 Å². The maximum Gasteiger partial charge on any atom is 0.358 e. The molecular weight excluding hydrogens is 263 g/mol. The molecule has 2 aromatic rings. The topological polar surface area (TPSA) is 77.7 Å². The Morgan fingerprint density at radius 3 is 2.67 bits per heavy atom. The molecule has 2 rings (SSSR count). The van der Waals surface area contributed by atoms with Gasteiger partial charge < -0.3 is 4.74 Å². The van der Waals surface area contributed by atoms with Gasteiger partial charge in [-0.3, -0.25) is 4.40 Å². The fourth-order valence-corrected chi connectivity index (χ4v) is 2.33. The van der Waals surface area contributed by atoms with E-state index in [-0.39, 0.29) is 11.3 Å². The van der Waals surface area contributed by atoms with Crippen LogP contribution in [0.5, 0.6) is 0 Å². The monoisotopic (exact) mass is 272 g/mol. The van der Waals surface area contributed by atoms with E-state index in [0.717, 1.165) is 30.0 Å². The highest BCUT2D eigenvalue weighted by atomic mass is 32.2. The lowest BCUT2D eigenvalue weighted by atomic mass is 10.4. The molecule has 0 bridgehead atoms. The Bertz CT molecular complexity index is 736. The third-order valence-electron chi connectivity index (χ3n) is 2.28. The summed E-state index contributed by atoms with van der Waals surface area (Å²) >= 11 is 0. The van der Waals surface area contributed by atoms with Gasteiger partial charge >= 0.3 is 5.97 Å². The van der Waals surface area contributed by atoms with Crippen molar-refractivity contribution in [2.75, 3.05) is 13.4 Å². The summed E-state index contributed by atoms with van der Waals surface area (Å²) in [6.45, 7) is 0. The quantitative estimate of drug-likeness (QED) is 0.751. The zero-order valence-electron chi connectivity index (χ0n) is 9.55. The number of rotatable bonds is 2. The molecule has 0 radical (unpaired) electrons. The van der Waals surface area contributed by atoms with Crippen molar-refractivity contribution < 1.29 is 22.3 Å². The number of carbonyl (C=O) groups is 1. The molecule has 0 aromatic carbocycles. The first-order valence-electron chi connectivity index (χ1n) is 4.80. The molecule has 0 aliphatic rings. The fraction of sp³-hybridized carbons (Fsp3) is 0.200. The summed E-state index contributed by atoms with van der Waals surface area (Å²) in [6.07, 6.45) is 1.89. The Morgan fingerprint density at radius 1 is 1.44 bits per heavy atom. The molecule has 0 saturated heterocycles. The van der Waals surface area contributed by atoms with Crippen LogP contribution in [0.3, 0.4) is 0 Å². The minimum Gasteiger partial charge on any atom is -0.464 e. The molecule has 0 saturated carbocycles. The van der Waals surface area contributed by atoms with Crippen LogP contribution in [0.2, 0.25) is 0 Å². The molecule has 6 nitrogen and oxygen atoms in total. The second-order valence-corrected chi connectivity index (χ2v) is 5.54. The number of ether oxygens (including phenoxy) is 1. The number of sulfone groups is 1. The number of nitrogens with zero attached hydrogens (tertiary/aromatic N) is 2. The summed E-state index contributed by atoms with van der Waals surface area (Å²) in [6, 6.07) is 2.39. The summed E-state index contributed by atoms with van der Waals surface area (Å²) in [4.78, 5) is 15.4. The molecule has 8 heteroatoms. The number of esters is 1. The molecule has 0 atom stereocenters. The Labute approximate surface area is 102 Å². The zero-order valence-corrected chi connectivity index (χ0v) is 10.4. The number of hydrogen-bond donors (Lipinski definition) is 0. The lowest BCUT2D eigenvalue weighted by molar-refractivity contribution is 0.0588. The predicted molar refractivity (Wildman–Crippen MR) is 59.6 cm³/mol. The van der Waals surface area contributed by atoms with Crippen molar-refractivity contribution in [2.24, 2.45) is 0 Å². The Balaban J connectivity index is 2.91. The van der Waals surface area contributed by atoms with E-state index in [9.17, 15) is 17.6 Å². The summed E-state index contributed by atoms with van der Waals surface area (Å²) in [5, 5.41) is -0.431. The van der Waals surface area contributed by atoms with Gasteiger partial charge in [0.25, 0.3) is 0 Å². The number of imidazole rings is 1. The van der Waals surface area contributed by atoms with Gasteiger partial charge in [-0.25, -0.2) is 22.6 Å². The lowest BCUT2D eigenvalue weighted by Gasteiger charge is -2.01. The molecule has 18 heavy (non-hydrogen) atoms. The van der Waals surface area contributed by atoms with Gasteiger partial charge in [-0.05, 0) is 12.1 Å². The summed E-state index contributed by atoms with van der Waals surface area (Å²) in [5.41, 5.74) is -0.160. The van der Waals surface area contributed by atoms with Crippen molar-refractivity contribution in [3.05, 3.63) is 29.8 Å². The number of aromatic nitrogens is 2. The highest BCUT2D eigenvalue weighted by molar-refractivity contribution is 7.90. The van der Waals surface area contributed by atoms with E-state index >= 15 is 0 Å². The molecule has 96 valence electrons. The second kappa shape index (κ2) is 4.05. The summed E-state index contributed by atoms with van der Waals surface area (Å²) in [5.74, 6) is -1.52. The van der Waals surface area contributed by atoms with Crippen LogP contribution in [0, 0.1) is 5.82 Å². The average Bonchev–Trinajstić information content (AvgIpc) is 2.66. The Morgan fingerprint density at radius 2 is 2.11 bits per heavy atom. The molecule has 0 N–H and O–H groups in total. The largest absolute Gasteiger partial charge is 0.464 e. The molecule has 2 aromatic heterocycles. The van der Waals surface area contributed by atoms with Crippen molar-refractivity contribution in [3.63, 3.8) is 0 Å². The second-order valence-electron chi connectivity index (χ2n) is 3.60. The van der Waals surface area contributed by atoms with E-state index in [2.05, 4.69) is 9.72 Å². The van der Waals surface area contributed by atoms with Crippen molar-refractivity contribution in [1.29, 1.82) is 0 Å². The predicted octanol–water partition coefficient (Wildman–Crippen LogP) is 0.663. The zero-order chi connectivity index (χ0) is 13.5. The Hall–Kier alpha value is -1.96. The van der Waals surface area contributed by atoms with Crippen LogP contribution in [0.1, 0.15) is 10.5 Å². The standard InChI is InChI=1S/C10H9FN2O4S/c1-17-10(14)8-9(18(2,15)16)12-7-4-3-6(11)5-13(7)8/h3-5H,1-2H3. The summed E-state index contributed by atoms with van der Waals surface area (Å²) in [7, 11) is -2.61. The first-order chi connectivity index (χ1) is 8.34. The van der Waals surface area contributed by atoms with Gasteiger partial charge in [0.05, 0.1) is 7.11 Å². The maximum atomic E-state index is 13.1.